The second-order valence-corrected chi connectivity index (χ2v) is 9.24. The molecule has 10 heteroatoms. The van der Waals surface area contributed by atoms with Crippen molar-refractivity contribution in [3.63, 3.8) is 0 Å². The Labute approximate surface area is 200 Å². The van der Waals surface area contributed by atoms with Gasteiger partial charge in [-0.2, -0.15) is 5.10 Å². The third-order valence-electron chi connectivity index (χ3n) is 5.63. The van der Waals surface area contributed by atoms with Gasteiger partial charge in [0.1, 0.15) is 17.1 Å². The van der Waals surface area contributed by atoms with E-state index in [0.29, 0.717) is 34.2 Å². The quantitative estimate of drug-likeness (QED) is 0.297. The summed E-state index contributed by atoms with van der Waals surface area (Å²) in [5.74, 6) is 1.63. The highest BCUT2D eigenvalue weighted by atomic mass is 16.5. The van der Waals surface area contributed by atoms with Crippen molar-refractivity contribution in [2.75, 3.05) is 10.6 Å². The number of aromatic amines is 2. The molecule has 10 nitrogen and oxygen atoms in total. The molecule has 0 unspecified atom stereocenters. The zero-order chi connectivity index (χ0) is 24.7. The van der Waals surface area contributed by atoms with Gasteiger partial charge >= 0.3 is 11.7 Å². The Bertz CT molecular complexity index is 1620. The maximum Gasteiger partial charge on any atom is 0.325 e. The smallest absolute Gasteiger partial charge is 0.325 e. The number of carbonyl (C=O) groups excluding carboxylic acids is 1. The maximum absolute atomic E-state index is 12.8. The summed E-state index contributed by atoms with van der Waals surface area (Å²) in [5, 5.41) is 11.9. The van der Waals surface area contributed by atoms with Crippen molar-refractivity contribution in [3.8, 4) is 11.5 Å². The van der Waals surface area contributed by atoms with Gasteiger partial charge in [-0.15, -0.1) is 0 Å². The molecule has 0 fully saturated rings. The summed E-state index contributed by atoms with van der Waals surface area (Å²) in [5.41, 5.74) is 1.91. The predicted octanol–water partition coefficient (Wildman–Crippen LogP) is 4.87. The van der Waals surface area contributed by atoms with Crippen molar-refractivity contribution in [2.45, 2.75) is 26.2 Å². The lowest BCUT2D eigenvalue weighted by molar-refractivity contribution is 0.262. The summed E-state index contributed by atoms with van der Waals surface area (Å²) in [6, 6.07) is 14.3. The van der Waals surface area contributed by atoms with Gasteiger partial charge in [0.15, 0.2) is 11.4 Å². The number of pyridine rings is 1. The van der Waals surface area contributed by atoms with E-state index in [-0.39, 0.29) is 17.1 Å². The molecule has 0 aliphatic carbocycles. The zero-order valence-electron chi connectivity index (χ0n) is 19.8. The topological polar surface area (TPSA) is 130 Å². The molecule has 0 aliphatic heterocycles. The Morgan fingerprint density at radius 2 is 1.77 bits per heavy atom. The molecule has 35 heavy (non-hydrogen) atoms. The molecule has 0 atom stereocenters. The number of nitrogens with zero attached hydrogens (tertiary/aromatic N) is 3. The molecule has 0 radical (unpaired) electrons. The molecule has 5 aromatic rings. The van der Waals surface area contributed by atoms with E-state index < -0.39 is 0 Å². The number of H-pyrrole nitrogens is 2. The van der Waals surface area contributed by atoms with Crippen LogP contribution in [0.1, 0.15) is 26.5 Å². The van der Waals surface area contributed by atoms with Gasteiger partial charge in [0.2, 0.25) is 0 Å². The summed E-state index contributed by atoms with van der Waals surface area (Å²) < 4.78 is 7.80. The van der Waals surface area contributed by atoms with Crippen LogP contribution in [0.5, 0.6) is 11.5 Å². The molecule has 3 aromatic heterocycles. The van der Waals surface area contributed by atoms with Gasteiger partial charge in [-0.25, -0.2) is 14.6 Å². The summed E-state index contributed by atoms with van der Waals surface area (Å²) in [4.78, 5) is 34.0. The fourth-order valence-corrected chi connectivity index (χ4v) is 3.81. The lowest BCUT2D eigenvalue weighted by atomic mass is 9.92. The van der Waals surface area contributed by atoms with Crippen molar-refractivity contribution < 1.29 is 9.53 Å². The van der Waals surface area contributed by atoms with Gasteiger partial charge in [0.05, 0.1) is 11.4 Å². The van der Waals surface area contributed by atoms with Crippen molar-refractivity contribution in [2.24, 2.45) is 7.05 Å². The van der Waals surface area contributed by atoms with E-state index in [0.717, 1.165) is 16.5 Å². The van der Waals surface area contributed by atoms with Crippen molar-refractivity contribution in [1.82, 2.24) is 24.7 Å². The molecular weight excluding hydrogens is 446 g/mol. The van der Waals surface area contributed by atoms with Crippen molar-refractivity contribution >= 4 is 39.5 Å². The number of hydrogen-bond donors (Lipinski definition) is 4. The van der Waals surface area contributed by atoms with E-state index in [1.54, 1.807) is 36.1 Å². The molecule has 0 saturated carbocycles. The molecule has 2 amide bonds. The van der Waals surface area contributed by atoms with Crippen LogP contribution in [0.2, 0.25) is 0 Å². The van der Waals surface area contributed by atoms with E-state index in [1.807, 2.05) is 30.3 Å². The number of benzene rings is 2. The van der Waals surface area contributed by atoms with Crippen molar-refractivity contribution in [3.05, 3.63) is 70.9 Å². The first kappa shape index (κ1) is 22.2. The highest BCUT2D eigenvalue weighted by molar-refractivity contribution is 6.07. The molecule has 0 aliphatic rings. The lowest BCUT2D eigenvalue weighted by Crippen LogP contribution is -2.21. The lowest BCUT2D eigenvalue weighted by Gasteiger charge is -2.14. The van der Waals surface area contributed by atoms with Gasteiger partial charge in [0.25, 0.3) is 0 Å². The number of imidazole rings is 1. The molecule has 0 bridgehead atoms. The fourth-order valence-electron chi connectivity index (χ4n) is 3.81. The van der Waals surface area contributed by atoms with Gasteiger partial charge < -0.3 is 15.0 Å². The van der Waals surface area contributed by atoms with E-state index in [2.05, 4.69) is 51.5 Å². The summed E-state index contributed by atoms with van der Waals surface area (Å²) >= 11 is 0. The van der Waals surface area contributed by atoms with Crippen LogP contribution in [0.15, 0.2) is 59.5 Å². The Hall–Kier alpha value is -4.60. The maximum atomic E-state index is 12.8. The summed E-state index contributed by atoms with van der Waals surface area (Å²) in [7, 11) is 1.79. The number of urea groups is 1. The van der Waals surface area contributed by atoms with E-state index in [4.69, 9.17) is 4.74 Å². The van der Waals surface area contributed by atoms with Crippen LogP contribution < -0.4 is 21.1 Å². The number of ether oxygens (including phenoxy) is 1. The zero-order valence-corrected chi connectivity index (χ0v) is 19.8. The number of fused-ring (bicyclic) bond motifs is 2. The van der Waals surface area contributed by atoms with Gasteiger partial charge in [-0.3, -0.25) is 15.0 Å². The summed E-state index contributed by atoms with van der Waals surface area (Å²) in [6.07, 6.45) is 1.56. The number of aryl methyl sites for hydroxylation is 1. The van der Waals surface area contributed by atoms with Crippen LogP contribution in [0, 0.1) is 0 Å². The van der Waals surface area contributed by atoms with Gasteiger partial charge in [-0.05, 0) is 12.1 Å². The molecule has 0 saturated heterocycles. The first-order chi connectivity index (χ1) is 16.7. The van der Waals surface area contributed by atoms with Crippen LogP contribution in [-0.2, 0) is 12.5 Å². The van der Waals surface area contributed by atoms with Crippen molar-refractivity contribution in [1.29, 1.82) is 0 Å². The minimum Gasteiger partial charge on any atom is -0.454 e. The third kappa shape index (κ3) is 4.33. The molecule has 5 rings (SSSR count). The molecule has 3 heterocycles. The molecule has 0 spiro atoms. The highest BCUT2D eigenvalue weighted by Gasteiger charge is 2.20. The Morgan fingerprint density at radius 3 is 2.51 bits per heavy atom. The van der Waals surface area contributed by atoms with Crippen LogP contribution >= 0.6 is 0 Å². The standard InChI is InChI=1S/C25H25N7O3/c1-25(2,3)19-13-20(32(4)31-19)28-23(33)27-16-9-10-17(15-8-6-5-7-14(15)16)35-18-11-12-26-22-21(18)29-24(34)30-22/h5-13H,1-4H3,(H2,27,28,33)(H2,26,29,30,34). The minimum atomic E-state index is -0.381. The number of nitrogens with one attached hydrogen (secondary N) is 4. The average molecular weight is 472 g/mol. The Morgan fingerprint density at radius 1 is 1.00 bits per heavy atom. The third-order valence-corrected chi connectivity index (χ3v) is 5.63. The van der Waals surface area contributed by atoms with E-state index in [9.17, 15) is 9.59 Å². The minimum absolute atomic E-state index is 0.131. The van der Waals surface area contributed by atoms with Gasteiger partial charge in [-0.1, -0.05) is 45.0 Å². The second-order valence-electron chi connectivity index (χ2n) is 9.24. The second kappa shape index (κ2) is 8.32. The normalized spacial score (nSPS) is 11.7. The predicted molar refractivity (Wildman–Crippen MR) is 135 cm³/mol. The monoisotopic (exact) mass is 471 g/mol. The Balaban J connectivity index is 1.43. The Kier molecular flexibility index (Phi) is 5.28. The first-order valence-corrected chi connectivity index (χ1v) is 11.1. The molecule has 178 valence electrons. The highest BCUT2D eigenvalue weighted by Crippen LogP contribution is 2.35. The van der Waals surface area contributed by atoms with Crippen LogP contribution in [0.25, 0.3) is 21.9 Å². The number of hydrogen-bond acceptors (Lipinski definition) is 5. The number of anilines is 2. The number of amides is 2. The SMILES string of the molecule is Cn1nc(C(C)(C)C)cc1NC(=O)Nc1ccc(Oc2ccnc3[nH]c(=O)[nH]c23)c2ccccc12. The first-order valence-electron chi connectivity index (χ1n) is 11.1. The fraction of sp³-hybridized carbons (Fsp3) is 0.200. The molecule has 2 aromatic carbocycles. The number of carbonyl (C=O) groups is 1. The number of aromatic nitrogens is 5. The van der Waals surface area contributed by atoms with E-state index >= 15 is 0 Å². The summed E-state index contributed by atoms with van der Waals surface area (Å²) in [6.45, 7) is 6.21. The van der Waals surface area contributed by atoms with Gasteiger partial charge in [0, 0.05) is 41.6 Å². The average Bonchev–Trinajstić information content (AvgIpc) is 3.37. The molecular formula is C25H25N7O3. The van der Waals surface area contributed by atoms with Crippen LogP contribution in [-0.4, -0.2) is 30.8 Å². The van der Waals surface area contributed by atoms with E-state index in [1.165, 1.54) is 0 Å². The van der Waals surface area contributed by atoms with Crippen LogP contribution in [0.4, 0.5) is 16.3 Å². The number of rotatable bonds is 4. The van der Waals surface area contributed by atoms with Crippen LogP contribution in [0.3, 0.4) is 0 Å². The molecule has 4 N–H and O–H groups in total. The largest absolute Gasteiger partial charge is 0.454 e.